The van der Waals surface area contributed by atoms with Crippen molar-refractivity contribution < 1.29 is 13.6 Å². The highest BCUT2D eigenvalue weighted by molar-refractivity contribution is 6.19. The van der Waals surface area contributed by atoms with Crippen molar-refractivity contribution in [3.63, 3.8) is 0 Å². The predicted molar refractivity (Wildman–Crippen MR) is 125 cm³/mol. The van der Waals surface area contributed by atoms with Gasteiger partial charge in [-0.1, -0.05) is 49.6 Å². The third kappa shape index (κ3) is 4.51. The van der Waals surface area contributed by atoms with E-state index in [1.807, 2.05) is 18.2 Å². The van der Waals surface area contributed by atoms with Crippen LogP contribution >= 0.6 is 0 Å². The van der Waals surface area contributed by atoms with Crippen LogP contribution in [0, 0.1) is 11.6 Å². The number of hydrogen-bond donors (Lipinski definition) is 1. The Hall–Kier alpha value is -2.80. The van der Waals surface area contributed by atoms with Gasteiger partial charge in [-0.15, -0.1) is 0 Å². The standard InChI is InChI=1S/C26H30F2N4O/c27-20-14-21(28)16-23(15-20)32-25(33)30-24(29-22-10-5-2-6-11-22)26(32)12-7-13-31(18-26)17-19-8-3-1-4-9-19/h1,3-4,8-9,14-16,22H,2,5-7,10-13,17-18H2,(H,29,30,33). The first-order valence-electron chi connectivity index (χ1n) is 12.0. The third-order valence-corrected chi connectivity index (χ3v) is 7.09. The van der Waals surface area contributed by atoms with E-state index in [1.54, 1.807) is 4.90 Å². The first-order chi connectivity index (χ1) is 16.0. The van der Waals surface area contributed by atoms with Crippen LogP contribution in [-0.2, 0) is 6.54 Å². The summed E-state index contributed by atoms with van der Waals surface area (Å²) in [6, 6.07) is 13.4. The molecule has 1 spiro atoms. The molecule has 1 aliphatic carbocycles. The molecule has 1 N–H and O–H groups in total. The number of nitrogens with one attached hydrogen (secondary N) is 1. The molecule has 1 saturated carbocycles. The normalized spacial score (nSPS) is 25.7. The van der Waals surface area contributed by atoms with Gasteiger partial charge in [-0.05, 0) is 49.9 Å². The van der Waals surface area contributed by atoms with Crippen LogP contribution in [0.5, 0.6) is 0 Å². The predicted octanol–water partition coefficient (Wildman–Crippen LogP) is 5.26. The van der Waals surface area contributed by atoms with Gasteiger partial charge in [0, 0.05) is 19.2 Å². The Morgan fingerprint density at radius 3 is 2.45 bits per heavy atom. The third-order valence-electron chi connectivity index (χ3n) is 7.09. The van der Waals surface area contributed by atoms with E-state index in [-0.39, 0.29) is 17.8 Å². The molecule has 2 amide bonds. The molecule has 2 aliphatic heterocycles. The second-order valence-electron chi connectivity index (χ2n) is 9.49. The highest BCUT2D eigenvalue weighted by Crippen LogP contribution is 2.38. The molecule has 1 unspecified atom stereocenters. The second-order valence-corrected chi connectivity index (χ2v) is 9.49. The highest BCUT2D eigenvalue weighted by atomic mass is 19.1. The number of benzene rings is 2. The van der Waals surface area contributed by atoms with Gasteiger partial charge in [0.1, 0.15) is 23.0 Å². The molecular weight excluding hydrogens is 422 g/mol. The first-order valence-corrected chi connectivity index (χ1v) is 12.0. The average molecular weight is 453 g/mol. The van der Waals surface area contributed by atoms with E-state index in [9.17, 15) is 13.6 Å². The van der Waals surface area contributed by atoms with Crippen molar-refractivity contribution in [2.24, 2.45) is 4.99 Å². The van der Waals surface area contributed by atoms with Crippen molar-refractivity contribution in [1.82, 2.24) is 10.2 Å². The van der Waals surface area contributed by atoms with Gasteiger partial charge in [0.25, 0.3) is 0 Å². The number of hydrogen-bond acceptors (Lipinski definition) is 3. The molecule has 0 radical (unpaired) electrons. The van der Waals surface area contributed by atoms with E-state index in [4.69, 9.17) is 4.99 Å². The molecule has 2 heterocycles. The summed E-state index contributed by atoms with van der Waals surface area (Å²) in [5.74, 6) is -0.730. The molecule has 0 bridgehead atoms. The van der Waals surface area contributed by atoms with Gasteiger partial charge in [-0.2, -0.15) is 0 Å². The molecule has 2 aromatic rings. The lowest BCUT2D eigenvalue weighted by molar-refractivity contribution is 0.176. The van der Waals surface area contributed by atoms with Gasteiger partial charge in [0.05, 0.1) is 11.7 Å². The number of likely N-dealkylation sites (tertiary alicyclic amines) is 1. The molecular formula is C26H30F2N4O. The van der Waals surface area contributed by atoms with Crippen LogP contribution in [0.25, 0.3) is 0 Å². The van der Waals surface area contributed by atoms with Gasteiger partial charge in [0.2, 0.25) is 0 Å². The van der Waals surface area contributed by atoms with E-state index < -0.39 is 17.2 Å². The SMILES string of the molecule is O=C1NC(=NC2CCCCC2)C2(CCCN(Cc3ccccc3)C2)N1c1cc(F)cc(F)c1. The Kier molecular flexibility index (Phi) is 6.15. The number of piperidine rings is 1. The van der Waals surface area contributed by atoms with Gasteiger partial charge in [-0.25, -0.2) is 13.6 Å². The van der Waals surface area contributed by atoms with Gasteiger partial charge < -0.3 is 0 Å². The molecule has 174 valence electrons. The summed E-state index contributed by atoms with van der Waals surface area (Å²) in [4.78, 5) is 22.2. The molecule has 3 aliphatic rings. The average Bonchev–Trinajstić information content (AvgIpc) is 3.04. The lowest BCUT2D eigenvalue weighted by Gasteiger charge is -2.44. The number of amidine groups is 1. The Morgan fingerprint density at radius 1 is 1.00 bits per heavy atom. The fraction of sp³-hybridized carbons (Fsp3) is 0.462. The van der Waals surface area contributed by atoms with Crippen LogP contribution in [0.15, 0.2) is 53.5 Å². The van der Waals surface area contributed by atoms with Crippen LogP contribution < -0.4 is 10.2 Å². The maximum absolute atomic E-state index is 14.2. The van der Waals surface area contributed by atoms with Gasteiger partial charge >= 0.3 is 6.03 Å². The van der Waals surface area contributed by atoms with E-state index in [0.29, 0.717) is 18.8 Å². The van der Waals surface area contributed by atoms with Crippen LogP contribution in [0.1, 0.15) is 50.5 Å². The topological polar surface area (TPSA) is 47.9 Å². The molecule has 1 atom stereocenters. The minimum absolute atomic E-state index is 0.180. The fourth-order valence-electron chi connectivity index (χ4n) is 5.63. The van der Waals surface area contributed by atoms with E-state index in [1.165, 1.54) is 24.1 Å². The van der Waals surface area contributed by atoms with E-state index >= 15 is 0 Å². The van der Waals surface area contributed by atoms with Gasteiger partial charge in [0.15, 0.2) is 0 Å². The number of carbonyl (C=O) groups is 1. The minimum atomic E-state index is -0.762. The molecule has 0 aromatic heterocycles. The molecule has 7 heteroatoms. The maximum atomic E-state index is 14.2. The number of carbonyl (C=O) groups excluding carboxylic acids is 1. The number of anilines is 1. The monoisotopic (exact) mass is 452 g/mol. The molecule has 33 heavy (non-hydrogen) atoms. The Morgan fingerprint density at radius 2 is 1.73 bits per heavy atom. The summed E-state index contributed by atoms with van der Waals surface area (Å²) in [7, 11) is 0. The number of aliphatic imine (C=N–C) groups is 1. The highest BCUT2D eigenvalue weighted by Gasteiger charge is 2.54. The fourth-order valence-corrected chi connectivity index (χ4v) is 5.63. The van der Waals surface area contributed by atoms with Crippen LogP contribution in [0.2, 0.25) is 0 Å². The first kappa shape index (κ1) is 22.0. The molecule has 5 rings (SSSR count). The Labute approximate surface area is 193 Å². The maximum Gasteiger partial charge on any atom is 0.328 e. The van der Waals surface area contributed by atoms with Crippen molar-refractivity contribution in [2.75, 3.05) is 18.0 Å². The Bertz CT molecular complexity index is 1020. The summed E-state index contributed by atoms with van der Waals surface area (Å²) in [5, 5.41) is 3.00. The van der Waals surface area contributed by atoms with Crippen molar-refractivity contribution in [2.45, 2.75) is 63.1 Å². The molecule has 2 aromatic carbocycles. The summed E-state index contributed by atoms with van der Waals surface area (Å²) in [6.07, 6.45) is 7.08. The van der Waals surface area contributed by atoms with E-state index in [2.05, 4.69) is 22.3 Å². The van der Waals surface area contributed by atoms with E-state index in [0.717, 1.165) is 51.3 Å². The van der Waals surface area contributed by atoms with Crippen molar-refractivity contribution >= 4 is 17.6 Å². The van der Waals surface area contributed by atoms with Crippen LogP contribution in [0.3, 0.4) is 0 Å². The zero-order valence-corrected chi connectivity index (χ0v) is 18.8. The number of urea groups is 1. The lowest BCUT2D eigenvalue weighted by Crippen LogP contribution is -2.60. The van der Waals surface area contributed by atoms with Gasteiger partial charge in [-0.3, -0.25) is 20.1 Å². The largest absolute Gasteiger partial charge is 0.328 e. The summed E-state index contributed by atoms with van der Waals surface area (Å²) in [5.41, 5.74) is 0.670. The Balaban J connectivity index is 1.53. The smallest absolute Gasteiger partial charge is 0.296 e. The van der Waals surface area contributed by atoms with Crippen LogP contribution in [0.4, 0.5) is 19.3 Å². The summed E-state index contributed by atoms with van der Waals surface area (Å²) >= 11 is 0. The second kappa shape index (κ2) is 9.21. The lowest BCUT2D eigenvalue weighted by atomic mass is 9.85. The quantitative estimate of drug-likeness (QED) is 0.688. The van der Waals surface area contributed by atoms with Crippen molar-refractivity contribution in [1.29, 1.82) is 0 Å². The summed E-state index contributed by atoms with van der Waals surface area (Å²) in [6.45, 7) is 2.20. The number of rotatable bonds is 4. The van der Waals surface area contributed by atoms with Crippen molar-refractivity contribution in [3.05, 3.63) is 65.7 Å². The zero-order valence-electron chi connectivity index (χ0n) is 18.8. The zero-order chi connectivity index (χ0) is 22.8. The number of nitrogens with zero attached hydrogens (tertiary/aromatic N) is 3. The molecule has 3 fully saturated rings. The molecule has 2 saturated heterocycles. The molecule has 5 nitrogen and oxygen atoms in total. The van der Waals surface area contributed by atoms with Crippen LogP contribution in [-0.4, -0.2) is 41.4 Å². The number of amides is 2. The summed E-state index contributed by atoms with van der Waals surface area (Å²) < 4.78 is 28.3. The minimum Gasteiger partial charge on any atom is -0.296 e. The number of halogens is 2. The van der Waals surface area contributed by atoms with Crippen molar-refractivity contribution in [3.8, 4) is 0 Å².